The topological polar surface area (TPSA) is 89.3 Å². The van der Waals surface area contributed by atoms with Crippen molar-refractivity contribution in [2.45, 2.75) is 29.7 Å². The number of amides is 1. The highest BCUT2D eigenvalue weighted by atomic mass is 32.2. The van der Waals surface area contributed by atoms with E-state index in [9.17, 15) is 39.6 Å². The van der Waals surface area contributed by atoms with Crippen molar-refractivity contribution >= 4 is 15.9 Å². The van der Waals surface area contributed by atoms with Crippen molar-refractivity contribution in [2.24, 2.45) is 5.73 Å². The van der Waals surface area contributed by atoms with Gasteiger partial charge in [-0.15, -0.1) is 0 Å². The van der Waals surface area contributed by atoms with Crippen LogP contribution in [0.25, 0.3) is 0 Å². The molecule has 12 heteroatoms. The number of alkyl halides is 6. The number of rotatable bonds is 5. The minimum Gasteiger partial charge on any atom is -0.370 e. The van der Waals surface area contributed by atoms with Crippen molar-refractivity contribution in [3.8, 4) is 0 Å². The van der Waals surface area contributed by atoms with Gasteiger partial charge < -0.3 is 5.73 Å². The monoisotopic (exact) mass is 364 g/mol. The molecule has 1 atom stereocenters. The molecule has 5 nitrogen and oxygen atoms in total. The lowest BCUT2D eigenvalue weighted by atomic mass is 10.2. The number of primary amides is 1. The van der Waals surface area contributed by atoms with Crippen LogP contribution in [0.4, 0.5) is 26.3 Å². The number of carbonyl (C=O) groups is 1. The first-order valence-electron chi connectivity index (χ1n) is 5.78. The average Bonchev–Trinajstić information content (AvgIpc) is 2.35. The Morgan fingerprint density at radius 2 is 1.74 bits per heavy atom. The fraction of sp³-hybridized carbons (Fsp3) is 0.364. The third-order valence-electron chi connectivity index (χ3n) is 2.57. The van der Waals surface area contributed by atoms with E-state index in [1.165, 1.54) is 0 Å². The van der Waals surface area contributed by atoms with Crippen LogP contribution < -0.4 is 10.5 Å². The van der Waals surface area contributed by atoms with E-state index in [2.05, 4.69) is 5.73 Å². The van der Waals surface area contributed by atoms with E-state index in [1.54, 1.807) is 0 Å². The summed E-state index contributed by atoms with van der Waals surface area (Å²) in [5, 5.41) is 0. The van der Waals surface area contributed by atoms with Crippen molar-refractivity contribution in [1.82, 2.24) is 4.72 Å². The van der Waals surface area contributed by atoms with E-state index < -0.39 is 51.2 Å². The van der Waals surface area contributed by atoms with E-state index >= 15 is 0 Å². The standard InChI is InChI=1S/C11H10F6N2O3S/c12-10(13,14)6-2-1-3-7(4-6)23(21,22)19-8(5-9(18)20)11(15,16)17/h1-4,8,19H,5H2,(H2,18,20). The number of benzene rings is 1. The van der Waals surface area contributed by atoms with Crippen molar-refractivity contribution in [2.75, 3.05) is 0 Å². The van der Waals surface area contributed by atoms with Gasteiger partial charge in [-0.2, -0.15) is 31.1 Å². The Kier molecular flexibility index (Phi) is 5.31. The molecule has 0 saturated carbocycles. The number of nitrogens with one attached hydrogen (secondary N) is 1. The Morgan fingerprint density at radius 3 is 2.17 bits per heavy atom. The molecule has 3 N–H and O–H groups in total. The van der Waals surface area contributed by atoms with Gasteiger partial charge in [0, 0.05) is 0 Å². The van der Waals surface area contributed by atoms with Gasteiger partial charge in [-0.25, -0.2) is 8.42 Å². The molecule has 1 rings (SSSR count). The SMILES string of the molecule is NC(=O)CC(NS(=O)(=O)c1cccc(C(F)(F)F)c1)C(F)(F)F. The van der Waals surface area contributed by atoms with Gasteiger partial charge in [0.15, 0.2) is 0 Å². The highest BCUT2D eigenvalue weighted by Gasteiger charge is 2.43. The number of hydrogen-bond donors (Lipinski definition) is 2. The van der Waals surface area contributed by atoms with Gasteiger partial charge in [-0.3, -0.25) is 4.79 Å². The fourth-order valence-electron chi connectivity index (χ4n) is 1.52. The van der Waals surface area contributed by atoms with Gasteiger partial charge in [0.25, 0.3) is 0 Å². The third kappa shape index (κ3) is 5.39. The average molecular weight is 364 g/mol. The lowest BCUT2D eigenvalue weighted by Crippen LogP contribution is -2.47. The summed E-state index contributed by atoms with van der Waals surface area (Å²) >= 11 is 0. The maximum atomic E-state index is 12.7. The predicted octanol–water partition coefficient (Wildman–Crippen LogP) is 1.79. The van der Waals surface area contributed by atoms with E-state index in [1.807, 2.05) is 0 Å². The van der Waals surface area contributed by atoms with Crippen molar-refractivity contribution in [3.63, 3.8) is 0 Å². The first kappa shape index (κ1) is 19.2. The molecule has 0 aliphatic rings. The van der Waals surface area contributed by atoms with Crippen LogP contribution in [0.5, 0.6) is 0 Å². The van der Waals surface area contributed by atoms with Crippen LogP contribution >= 0.6 is 0 Å². The molecule has 0 bridgehead atoms. The molecular weight excluding hydrogens is 354 g/mol. The van der Waals surface area contributed by atoms with E-state index in [4.69, 9.17) is 0 Å². The number of halogens is 6. The minimum absolute atomic E-state index is 0.181. The Hall–Kier alpha value is -1.82. The lowest BCUT2D eigenvalue weighted by molar-refractivity contribution is -0.157. The second kappa shape index (κ2) is 6.35. The smallest absolute Gasteiger partial charge is 0.370 e. The Balaban J connectivity index is 3.18. The summed E-state index contributed by atoms with van der Waals surface area (Å²) in [7, 11) is -4.95. The molecule has 130 valence electrons. The van der Waals surface area contributed by atoms with Gasteiger partial charge in [0.05, 0.1) is 16.9 Å². The molecule has 1 aromatic rings. The van der Waals surface area contributed by atoms with Crippen LogP contribution in [0.3, 0.4) is 0 Å². The first-order chi connectivity index (χ1) is 10.2. The van der Waals surface area contributed by atoms with Crippen LogP contribution in [-0.2, 0) is 21.0 Å². The molecule has 0 fully saturated rings. The summed E-state index contributed by atoms with van der Waals surface area (Å²) in [6, 6.07) is -0.688. The zero-order valence-corrected chi connectivity index (χ0v) is 11.9. The molecule has 0 aliphatic heterocycles. The van der Waals surface area contributed by atoms with E-state index in [0.29, 0.717) is 12.1 Å². The summed E-state index contributed by atoms with van der Waals surface area (Å²) < 4.78 is 100. The van der Waals surface area contributed by atoms with Crippen molar-refractivity contribution in [1.29, 1.82) is 0 Å². The van der Waals surface area contributed by atoms with Crippen LogP contribution in [0, 0.1) is 0 Å². The number of nitrogens with two attached hydrogens (primary N) is 1. The van der Waals surface area contributed by atoms with Gasteiger partial charge in [0.1, 0.15) is 6.04 Å². The number of hydrogen-bond acceptors (Lipinski definition) is 3. The largest absolute Gasteiger partial charge is 0.416 e. The summed E-state index contributed by atoms with van der Waals surface area (Å²) in [4.78, 5) is 9.58. The Bertz CT molecular complexity index is 684. The molecule has 0 radical (unpaired) electrons. The highest BCUT2D eigenvalue weighted by Crippen LogP contribution is 2.31. The van der Waals surface area contributed by atoms with Gasteiger partial charge in [-0.05, 0) is 18.2 Å². The van der Waals surface area contributed by atoms with Crippen molar-refractivity contribution < 1.29 is 39.6 Å². The first-order valence-corrected chi connectivity index (χ1v) is 7.26. The number of carbonyl (C=O) groups excluding carboxylic acids is 1. The maximum Gasteiger partial charge on any atom is 0.416 e. The second-order valence-electron chi connectivity index (χ2n) is 4.41. The molecule has 0 heterocycles. The molecular formula is C11H10F6N2O3S. The normalized spacial score (nSPS) is 14.5. The van der Waals surface area contributed by atoms with Gasteiger partial charge in [-0.1, -0.05) is 6.07 Å². The molecule has 0 aliphatic carbocycles. The zero-order valence-electron chi connectivity index (χ0n) is 11.1. The summed E-state index contributed by atoms with van der Waals surface area (Å²) in [5.74, 6) is -1.43. The number of sulfonamides is 1. The van der Waals surface area contributed by atoms with Gasteiger partial charge in [0.2, 0.25) is 15.9 Å². The Morgan fingerprint density at radius 1 is 1.17 bits per heavy atom. The molecule has 1 amide bonds. The van der Waals surface area contributed by atoms with E-state index in [0.717, 1.165) is 10.8 Å². The predicted molar refractivity (Wildman–Crippen MR) is 65.4 cm³/mol. The second-order valence-corrected chi connectivity index (χ2v) is 6.13. The van der Waals surface area contributed by atoms with Crippen LogP contribution in [0.15, 0.2) is 29.2 Å². The zero-order chi connectivity index (χ0) is 18.1. The van der Waals surface area contributed by atoms with E-state index in [-0.39, 0.29) is 6.07 Å². The summed E-state index contributed by atoms with van der Waals surface area (Å²) in [5.41, 5.74) is 3.26. The van der Waals surface area contributed by atoms with Crippen LogP contribution in [-0.4, -0.2) is 26.5 Å². The highest BCUT2D eigenvalue weighted by molar-refractivity contribution is 7.89. The third-order valence-corrected chi connectivity index (χ3v) is 4.04. The van der Waals surface area contributed by atoms with Crippen molar-refractivity contribution in [3.05, 3.63) is 29.8 Å². The maximum absolute atomic E-state index is 12.7. The summed E-state index contributed by atoms with van der Waals surface area (Å²) in [6.45, 7) is 0. The molecule has 0 aromatic heterocycles. The van der Waals surface area contributed by atoms with Crippen LogP contribution in [0.2, 0.25) is 0 Å². The molecule has 23 heavy (non-hydrogen) atoms. The molecule has 0 saturated heterocycles. The lowest BCUT2D eigenvalue weighted by Gasteiger charge is -2.20. The minimum atomic E-state index is -5.15. The van der Waals surface area contributed by atoms with Gasteiger partial charge >= 0.3 is 12.4 Å². The molecule has 1 aromatic carbocycles. The molecule has 0 spiro atoms. The fourth-order valence-corrected chi connectivity index (χ4v) is 2.79. The van der Waals surface area contributed by atoms with Crippen LogP contribution in [0.1, 0.15) is 12.0 Å². The quantitative estimate of drug-likeness (QED) is 0.781. The summed E-state index contributed by atoms with van der Waals surface area (Å²) in [6.07, 6.45) is -11.4. The Labute approximate surface area is 126 Å². The molecule has 1 unspecified atom stereocenters.